The van der Waals surface area contributed by atoms with E-state index in [-0.39, 0.29) is 29.5 Å². The summed E-state index contributed by atoms with van der Waals surface area (Å²) in [5.74, 6) is -0.741. The van der Waals surface area contributed by atoms with Crippen molar-refractivity contribution in [3.63, 3.8) is 0 Å². The lowest BCUT2D eigenvalue weighted by Crippen LogP contribution is -2.25. The normalized spacial score (nSPS) is 19.2. The molecule has 1 aromatic rings. The van der Waals surface area contributed by atoms with E-state index in [2.05, 4.69) is 4.74 Å². The van der Waals surface area contributed by atoms with Crippen LogP contribution < -0.4 is 4.90 Å². The Morgan fingerprint density at radius 3 is 2.83 bits per heavy atom. The first-order valence-corrected chi connectivity index (χ1v) is 5.77. The summed E-state index contributed by atoms with van der Waals surface area (Å²) in [4.78, 5) is 24.5. The van der Waals surface area contributed by atoms with Gasteiger partial charge in [-0.15, -0.1) is 0 Å². The lowest BCUT2D eigenvalue weighted by atomic mass is 10.2. The van der Waals surface area contributed by atoms with E-state index < -0.39 is 12.1 Å². The molecule has 0 saturated carbocycles. The lowest BCUT2D eigenvalue weighted by molar-refractivity contribution is -0.117. The molecule has 5 nitrogen and oxygen atoms in total. The van der Waals surface area contributed by atoms with Crippen LogP contribution in [0.2, 0.25) is 5.02 Å². The molecule has 0 aromatic heterocycles. The molecule has 0 spiro atoms. The number of β-amino-alcohol motifs (C(OH)–C–C–N with tert-alkyl or cyclic N) is 1. The Bertz CT molecular complexity index is 503. The van der Waals surface area contributed by atoms with Gasteiger partial charge in [0, 0.05) is 5.69 Å². The zero-order valence-corrected chi connectivity index (χ0v) is 10.5. The summed E-state index contributed by atoms with van der Waals surface area (Å²) in [5, 5.41) is 9.69. The number of benzene rings is 1. The summed E-state index contributed by atoms with van der Waals surface area (Å²) in [7, 11) is 1.26. The average Bonchev–Trinajstić information content (AvgIpc) is 2.68. The minimum atomic E-state index is -0.672. The molecule has 96 valence electrons. The second-order valence-corrected chi connectivity index (χ2v) is 4.43. The predicted octanol–water partition coefficient (Wildman–Crippen LogP) is 1.22. The van der Waals surface area contributed by atoms with E-state index in [1.807, 2.05) is 0 Å². The van der Waals surface area contributed by atoms with Crippen LogP contribution in [0.5, 0.6) is 0 Å². The first-order chi connectivity index (χ1) is 8.52. The van der Waals surface area contributed by atoms with Crippen LogP contribution in [-0.2, 0) is 9.53 Å². The number of rotatable bonds is 2. The highest BCUT2D eigenvalue weighted by Gasteiger charge is 2.29. The summed E-state index contributed by atoms with van der Waals surface area (Å²) < 4.78 is 4.61. The number of hydrogen-bond donors (Lipinski definition) is 1. The highest BCUT2D eigenvalue weighted by molar-refractivity contribution is 6.33. The third-order valence-corrected chi connectivity index (χ3v) is 3.10. The van der Waals surface area contributed by atoms with Gasteiger partial charge in [-0.2, -0.15) is 0 Å². The number of aliphatic hydroxyl groups excluding tert-OH is 1. The Morgan fingerprint density at radius 1 is 1.56 bits per heavy atom. The molecular weight excluding hydrogens is 258 g/mol. The van der Waals surface area contributed by atoms with Crippen molar-refractivity contribution < 1.29 is 19.4 Å². The number of nitrogens with zero attached hydrogens (tertiary/aromatic N) is 1. The van der Waals surface area contributed by atoms with Gasteiger partial charge in [0.1, 0.15) is 0 Å². The zero-order valence-electron chi connectivity index (χ0n) is 9.72. The van der Waals surface area contributed by atoms with Crippen molar-refractivity contribution in [3.05, 3.63) is 28.8 Å². The smallest absolute Gasteiger partial charge is 0.339 e. The number of methoxy groups -OCH3 is 1. The molecule has 1 aliphatic rings. The van der Waals surface area contributed by atoms with Crippen LogP contribution in [-0.4, -0.2) is 36.7 Å². The average molecular weight is 270 g/mol. The van der Waals surface area contributed by atoms with Gasteiger partial charge in [0.15, 0.2) is 0 Å². The molecule has 1 amide bonds. The fourth-order valence-corrected chi connectivity index (χ4v) is 2.08. The van der Waals surface area contributed by atoms with Crippen LogP contribution in [0.3, 0.4) is 0 Å². The fraction of sp³-hybridized carbons (Fsp3) is 0.333. The van der Waals surface area contributed by atoms with E-state index in [4.69, 9.17) is 11.6 Å². The number of esters is 1. The zero-order chi connectivity index (χ0) is 13.3. The molecule has 0 aliphatic carbocycles. The lowest BCUT2D eigenvalue weighted by Gasteiger charge is -2.17. The first-order valence-electron chi connectivity index (χ1n) is 5.39. The van der Waals surface area contributed by atoms with E-state index in [0.29, 0.717) is 5.69 Å². The largest absolute Gasteiger partial charge is 0.465 e. The van der Waals surface area contributed by atoms with Gasteiger partial charge >= 0.3 is 5.97 Å². The quantitative estimate of drug-likeness (QED) is 0.820. The van der Waals surface area contributed by atoms with E-state index in [0.717, 1.165) is 0 Å². The third kappa shape index (κ3) is 2.32. The molecule has 6 heteroatoms. The molecule has 1 saturated heterocycles. The number of ether oxygens (including phenoxy) is 1. The number of anilines is 1. The van der Waals surface area contributed by atoms with Crippen molar-refractivity contribution >= 4 is 29.2 Å². The van der Waals surface area contributed by atoms with Gasteiger partial charge < -0.3 is 14.7 Å². The van der Waals surface area contributed by atoms with Crippen LogP contribution in [0, 0.1) is 0 Å². The molecule has 0 bridgehead atoms. The van der Waals surface area contributed by atoms with Crippen LogP contribution in [0.15, 0.2) is 18.2 Å². The Kier molecular flexibility index (Phi) is 3.54. The van der Waals surface area contributed by atoms with Crippen molar-refractivity contribution in [3.8, 4) is 0 Å². The molecule has 1 aromatic carbocycles. The second kappa shape index (κ2) is 4.96. The monoisotopic (exact) mass is 269 g/mol. The molecule has 2 rings (SSSR count). The van der Waals surface area contributed by atoms with Crippen LogP contribution >= 0.6 is 11.6 Å². The minimum absolute atomic E-state index is 0.0934. The SMILES string of the molecule is COC(=O)c1cc(N2CC(O)CC2=O)ccc1Cl. The minimum Gasteiger partial charge on any atom is -0.465 e. The summed E-state index contributed by atoms with van der Waals surface area (Å²) in [6.07, 6.45) is -0.578. The summed E-state index contributed by atoms with van der Waals surface area (Å²) in [6.45, 7) is 0.223. The highest BCUT2D eigenvalue weighted by atomic mass is 35.5. The maximum absolute atomic E-state index is 11.6. The second-order valence-electron chi connectivity index (χ2n) is 4.02. The maximum Gasteiger partial charge on any atom is 0.339 e. The Morgan fingerprint density at radius 2 is 2.28 bits per heavy atom. The molecule has 18 heavy (non-hydrogen) atoms. The number of carbonyl (C=O) groups excluding carboxylic acids is 2. The molecule has 1 atom stereocenters. The standard InChI is InChI=1S/C12H12ClNO4/c1-18-12(17)9-4-7(2-3-10(9)13)14-6-8(15)5-11(14)16/h2-4,8,15H,5-6H2,1H3. The number of amides is 1. The topological polar surface area (TPSA) is 66.8 Å². The summed E-state index contributed by atoms with van der Waals surface area (Å²) in [6, 6.07) is 4.65. The molecule has 0 radical (unpaired) electrons. The molecule has 1 aliphatic heterocycles. The molecule has 1 N–H and O–H groups in total. The predicted molar refractivity (Wildman–Crippen MR) is 65.8 cm³/mol. The van der Waals surface area contributed by atoms with Gasteiger partial charge in [0.05, 0.1) is 36.8 Å². The van der Waals surface area contributed by atoms with Crippen LogP contribution in [0.1, 0.15) is 16.8 Å². The number of halogens is 1. The van der Waals surface area contributed by atoms with Gasteiger partial charge in [-0.1, -0.05) is 11.6 Å². The van der Waals surface area contributed by atoms with Crippen molar-refractivity contribution in [2.75, 3.05) is 18.6 Å². The molecule has 1 heterocycles. The van der Waals surface area contributed by atoms with Gasteiger partial charge in [-0.05, 0) is 18.2 Å². The van der Waals surface area contributed by atoms with E-state index >= 15 is 0 Å². The Hall–Kier alpha value is -1.59. The maximum atomic E-state index is 11.6. The van der Waals surface area contributed by atoms with Gasteiger partial charge in [-0.25, -0.2) is 4.79 Å². The van der Waals surface area contributed by atoms with Crippen molar-refractivity contribution in [2.24, 2.45) is 0 Å². The summed E-state index contributed by atoms with van der Waals surface area (Å²) >= 11 is 5.89. The number of hydrogen-bond acceptors (Lipinski definition) is 4. The summed E-state index contributed by atoms with van der Waals surface area (Å²) in [5.41, 5.74) is 0.729. The third-order valence-electron chi connectivity index (χ3n) is 2.77. The molecule has 1 unspecified atom stereocenters. The van der Waals surface area contributed by atoms with Gasteiger partial charge in [0.2, 0.25) is 5.91 Å². The van der Waals surface area contributed by atoms with Crippen LogP contribution in [0.25, 0.3) is 0 Å². The van der Waals surface area contributed by atoms with Gasteiger partial charge in [-0.3, -0.25) is 4.79 Å². The first kappa shape index (κ1) is 12.9. The fourth-order valence-electron chi connectivity index (χ4n) is 1.89. The van der Waals surface area contributed by atoms with E-state index in [9.17, 15) is 14.7 Å². The van der Waals surface area contributed by atoms with E-state index in [1.54, 1.807) is 6.07 Å². The number of aliphatic hydroxyl groups is 1. The highest BCUT2D eigenvalue weighted by Crippen LogP contribution is 2.27. The Balaban J connectivity index is 2.35. The van der Waals surface area contributed by atoms with Crippen LogP contribution in [0.4, 0.5) is 5.69 Å². The molecular formula is C12H12ClNO4. The van der Waals surface area contributed by atoms with Gasteiger partial charge in [0.25, 0.3) is 0 Å². The van der Waals surface area contributed by atoms with Crippen molar-refractivity contribution in [2.45, 2.75) is 12.5 Å². The number of carbonyl (C=O) groups is 2. The van der Waals surface area contributed by atoms with Crippen molar-refractivity contribution in [1.29, 1.82) is 0 Å². The molecule has 1 fully saturated rings. The van der Waals surface area contributed by atoms with Crippen molar-refractivity contribution in [1.82, 2.24) is 0 Å². The Labute approximate surface area is 109 Å². The van der Waals surface area contributed by atoms with E-state index in [1.165, 1.54) is 24.1 Å².